The molecule has 1 aromatic carbocycles. The van der Waals surface area contributed by atoms with E-state index in [9.17, 15) is 4.79 Å². The standard InChI is InChI=1S/C16H22OS/c1-2-15(18-14-11-7-4-8-12-14)16(17)13-9-5-3-6-10-13/h3,5-6,9-10,14-15H,2,4,7-8,11-12H2,1H3. The van der Waals surface area contributed by atoms with Crippen LogP contribution in [0.3, 0.4) is 0 Å². The van der Waals surface area contributed by atoms with Crippen molar-refractivity contribution in [3.8, 4) is 0 Å². The van der Waals surface area contributed by atoms with Crippen LogP contribution in [0.15, 0.2) is 30.3 Å². The zero-order chi connectivity index (χ0) is 12.8. The first-order valence-electron chi connectivity index (χ1n) is 7.06. The van der Waals surface area contributed by atoms with Crippen LogP contribution in [0, 0.1) is 0 Å². The van der Waals surface area contributed by atoms with Crippen molar-refractivity contribution in [3.05, 3.63) is 35.9 Å². The highest BCUT2D eigenvalue weighted by Crippen LogP contribution is 2.33. The summed E-state index contributed by atoms with van der Waals surface area (Å²) in [5, 5.41) is 0.854. The summed E-state index contributed by atoms with van der Waals surface area (Å²) in [6.45, 7) is 2.13. The molecule has 0 spiro atoms. The minimum absolute atomic E-state index is 0.149. The van der Waals surface area contributed by atoms with E-state index in [1.807, 2.05) is 42.1 Å². The Labute approximate surface area is 114 Å². The third-order valence-electron chi connectivity index (χ3n) is 3.63. The van der Waals surface area contributed by atoms with Gasteiger partial charge in [0.05, 0.1) is 5.25 Å². The Morgan fingerprint density at radius 2 is 1.89 bits per heavy atom. The summed E-state index contributed by atoms with van der Waals surface area (Å²) in [7, 11) is 0. The SMILES string of the molecule is CCC(SC1CCCCC1)C(=O)c1ccccc1. The summed E-state index contributed by atoms with van der Waals surface area (Å²) in [5.74, 6) is 0.314. The Morgan fingerprint density at radius 1 is 1.22 bits per heavy atom. The van der Waals surface area contributed by atoms with Crippen molar-refractivity contribution < 1.29 is 4.79 Å². The smallest absolute Gasteiger partial charge is 0.175 e. The van der Waals surface area contributed by atoms with E-state index in [1.165, 1.54) is 32.1 Å². The van der Waals surface area contributed by atoms with E-state index >= 15 is 0 Å². The van der Waals surface area contributed by atoms with Gasteiger partial charge in [0, 0.05) is 10.8 Å². The van der Waals surface area contributed by atoms with E-state index < -0.39 is 0 Å². The highest BCUT2D eigenvalue weighted by atomic mass is 32.2. The van der Waals surface area contributed by atoms with E-state index in [0.717, 1.165) is 12.0 Å². The molecule has 1 nitrogen and oxygen atoms in total. The molecule has 1 saturated carbocycles. The zero-order valence-electron chi connectivity index (χ0n) is 11.1. The molecule has 0 saturated heterocycles. The molecule has 1 aliphatic rings. The maximum absolute atomic E-state index is 12.4. The molecule has 1 unspecified atom stereocenters. The van der Waals surface area contributed by atoms with Crippen LogP contribution in [-0.4, -0.2) is 16.3 Å². The Kier molecular flexibility index (Phi) is 5.30. The largest absolute Gasteiger partial charge is 0.293 e. The fourth-order valence-corrected chi connectivity index (χ4v) is 4.09. The summed E-state index contributed by atoms with van der Waals surface area (Å²) >= 11 is 1.92. The molecule has 98 valence electrons. The Morgan fingerprint density at radius 3 is 2.50 bits per heavy atom. The van der Waals surface area contributed by atoms with Gasteiger partial charge < -0.3 is 0 Å². The second-order valence-corrected chi connectivity index (χ2v) is 6.53. The summed E-state index contributed by atoms with van der Waals surface area (Å²) in [4.78, 5) is 12.4. The van der Waals surface area contributed by atoms with Crippen LogP contribution < -0.4 is 0 Å². The molecule has 0 N–H and O–H groups in total. The minimum atomic E-state index is 0.149. The van der Waals surface area contributed by atoms with E-state index in [4.69, 9.17) is 0 Å². The lowest BCUT2D eigenvalue weighted by Gasteiger charge is -2.25. The molecule has 0 radical (unpaired) electrons. The lowest BCUT2D eigenvalue weighted by molar-refractivity contribution is 0.0988. The van der Waals surface area contributed by atoms with Gasteiger partial charge in [0.2, 0.25) is 0 Å². The summed E-state index contributed by atoms with van der Waals surface area (Å²) in [5.41, 5.74) is 0.868. The lowest BCUT2D eigenvalue weighted by Crippen LogP contribution is -2.21. The Balaban J connectivity index is 1.97. The quantitative estimate of drug-likeness (QED) is 0.715. The number of hydrogen-bond acceptors (Lipinski definition) is 2. The van der Waals surface area contributed by atoms with Crippen LogP contribution in [-0.2, 0) is 0 Å². The topological polar surface area (TPSA) is 17.1 Å². The molecule has 0 bridgehead atoms. The Bertz CT molecular complexity index is 368. The van der Waals surface area contributed by atoms with Crippen molar-refractivity contribution in [3.63, 3.8) is 0 Å². The molecule has 2 heteroatoms. The van der Waals surface area contributed by atoms with Crippen LogP contribution >= 0.6 is 11.8 Å². The molecule has 0 heterocycles. The molecule has 18 heavy (non-hydrogen) atoms. The average molecular weight is 262 g/mol. The monoisotopic (exact) mass is 262 g/mol. The van der Waals surface area contributed by atoms with Gasteiger partial charge in [-0.15, -0.1) is 11.8 Å². The van der Waals surface area contributed by atoms with Gasteiger partial charge in [-0.2, -0.15) is 0 Å². The van der Waals surface area contributed by atoms with Gasteiger partial charge in [0.15, 0.2) is 5.78 Å². The van der Waals surface area contributed by atoms with E-state index in [0.29, 0.717) is 11.0 Å². The number of ketones is 1. The van der Waals surface area contributed by atoms with Gasteiger partial charge >= 0.3 is 0 Å². The van der Waals surface area contributed by atoms with E-state index in [1.54, 1.807) is 0 Å². The number of benzene rings is 1. The Hall–Kier alpha value is -0.760. The van der Waals surface area contributed by atoms with Crippen LogP contribution in [0.4, 0.5) is 0 Å². The lowest BCUT2D eigenvalue weighted by atomic mass is 10.0. The number of carbonyl (C=O) groups excluding carboxylic acids is 1. The predicted octanol–water partition coefficient (Wildman–Crippen LogP) is 4.71. The van der Waals surface area contributed by atoms with Gasteiger partial charge in [-0.3, -0.25) is 4.79 Å². The molecule has 1 fully saturated rings. The van der Waals surface area contributed by atoms with Crippen LogP contribution in [0.2, 0.25) is 0 Å². The fourth-order valence-electron chi connectivity index (χ4n) is 2.57. The molecule has 1 aromatic rings. The fraction of sp³-hybridized carbons (Fsp3) is 0.562. The number of thioether (sulfide) groups is 1. The van der Waals surface area contributed by atoms with Gasteiger partial charge in [0.25, 0.3) is 0 Å². The molecule has 2 rings (SSSR count). The second-order valence-electron chi connectivity index (χ2n) is 5.02. The van der Waals surface area contributed by atoms with Gasteiger partial charge in [-0.25, -0.2) is 0 Å². The normalized spacial score (nSPS) is 18.5. The van der Waals surface area contributed by atoms with Crippen molar-refractivity contribution in [2.45, 2.75) is 55.9 Å². The van der Waals surface area contributed by atoms with Crippen molar-refractivity contribution >= 4 is 17.5 Å². The molecular weight excluding hydrogens is 240 g/mol. The molecular formula is C16H22OS. The first-order valence-corrected chi connectivity index (χ1v) is 8.00. The molecule has 1 atom stereocenters. The van der Waals surface area contributed by atoms with E-state index in [2.05, 4.69) is 6.92 Å². The van der Waals surface area contributed by atoms with Crippen molar-refractivity contribution in [1.82, 2.24) is 0 Å². The summed E-state index contributed by atoms with van der Waals surface area (Å²) in [6, 6.07) is 9.74. The number of rotatable bonds is 5. The first kappa shape index (κ1) is 13.7. The van der Waals surface area contributed by atoms with Crippen molar-refractivity contribution in [2.24, 2.45) is 0 Å². The predicted molar refractivity (Wildman–Crippen MR) is 79.3 cm³/mol. The summed E-state index contributed by atoms with van der Waals surface area (Å²) < 4.78 is 0. The number of carbonyl (C=O) groups is 1. The third-order valence-corrected chi connectivity index (χ3v) is 5.36. The van der Waals surface area contributed by atoms with Gasteiger partial charge in [0.1, 0.15) is 0 Å². The molecule has 0 aliphatic heterocycles. The van der Waals surface area contributed by atoms with Crippen LogP contribution in [0.25, 0.3) is 0 Å². The van der Waals surface area contributed by atoms with Crippen molar-refractivity contribution in [1.29, 1.82) is 0 Å². The first-order chi connectivity index (χ1) is 8.81. The summed E-state index contributed by atoms with van der Waals surface area (Å²) in [6.07, 6.45) is 7.59. The van der Waals surface area contributed by atoms with Crippen LogP contribution in [0.1, 0.15) is 55.8 Å². The highest BCUT2D eigenvalue weighted by Gasteiger charge is 2.24. The second kappa shape index (κ2) is 6.98. The van der Waals surface area contributed by atoms with E-state index in [-0.39, 0.29) is 5.25 Å². The average Bonchev–Trinajstić information content (AvgIpc) is 2.46. The maximum Gasteiger partial charge on any atom is 0.175 e. The van der Waals surface area contributed by atoms with Crippen molar-refractivity contribution in [2.75, 3.05) is 0 Å². The number of hydrogen-bond donors (Lipinski definition) is 0. The van der Waals surface area contributed by atoms with Gasteiger partial charge in [-0.1, -0.05) is 56.5 Å². The minimum Gasteiger partial charge on any atom is -0.293 e. The molecule has 0 amide bonds. The molecule has 1 aliphatic carbocycles. The van der Waals surface area contributed by atoms with Gasteiger partial charge in [-0.05, 0) is 19.3 Å². The molecule has 0 aromatic heterocycles. The maximum atomic E-state index is 12.4. The third kappa shape index (κ3) is 3.61. The number of Topliss-reactive ketones (excluding diaryl/α,β-unsaturated/α-hetero) is 1. The van der Waals surface area contributed by atoms with Crippen LogP contribution in [0.5, 0.6) is 0 Å². The highest BCUT2D eigenvalue weighted by molar-refractivity contribution is 8.01. The zero-order valence-corrected chi connectivity index (χ0v) is 11.9.